The summed E-state index contributed by atoms with van der Waals surface area (Å²) >= 11 is 6.14. The Kier molecular flexibility index (Phi) is 3.71. The summed E-state index contributed by atoms with van der Waals surface area (Å²) in [5.41, 5.74) is 5.63. The molecule has 3 heterocycles. The maximum Gasteiger partial charge on any atom is 0.129 e. The highest BCUT2D eigenvalue weighted by Crippen LogP contribution is 2.41. The Labute approximate surface area is 174 Å². The maximum absolute atomic E-state index is 6.14. The second kappa shape index (κ2) is 6.22. The fourth-order valence-electron chi connectivity index (χ4n) is 4.76. The minimum absolute atomic E-state index is 0.292. The number of aromatic nitrogens is 2. The first-order chi connectivity index (χ1) is 14.1. The van der Waals surface area contributed by atoms with Crippen molar-refractivity contribution in [2.75, 3.05) is 0 Å². The molecule has 4 nitrogen and oxygen atoms in total. The van der Waals surface area contributed by atoms with E-state index in [1.54, 1.807) is 0 Å². The summed E-state index contributed by atoms with van der Waals surface area (Å²) in [6.07, 6.45) is 1.11. The molecule has 3 aromatic carbocycles. The Morgan fingerprint density at radius 3 is 2.79 bits per heavy atom. The lowest BCUT2D eigenvalue weighted by Crippen LogP contribution is -2.24. The standard InChI is InChI=1S/C24H22ClN3O/c1-12-7-21(26-13(12)2)24-27-20-6-3-14-8-18-15(9-19(14)23(20)28-24)11-29-22-10-16(25)4-5-17(18)22/h3-6,8-10,12-13,21,26H,7,11H2,1-2H3,(H,27,28)/t12-,13-,21?/m1/s1. The average Bonchev–Trinajstić information content (AvgIpc) is 3.30. The van der Waals surface area contributed by atoms with Crippen LogP contribution in [0, 0.1) is 5.92 Å². The van der Waals surface area contributed by atoms with Gasteiger partial charge in [0.1, 0.15) is 18.2 Å². The van der Waals surface area contributed by atoms with Crippen molar-refractivity contribution < 1.29 is 4.74 Å². The normalized spacial score (nSPS) is 23.2. The molecule has 1 saturated heterocycles. The van der Waals surface area contributed by atoms with Crippen LogP contribution in [0.25, 0.3) is 32.9 Å². The molecule has 146 valence electrons. The third-order valence-corrected chi connectivity index (χ3v) is 6.82. The number of rotatable bonds is 1. The first kappa shape index (κ1) is 17.3. The van der Waals surface area contributed by atoms with Gasteiger partial charge in [-0.2, -0.15) is 0 Å². The highest BCUT2D eigenvalue weighted by atomic mass is 35.5. The number of imidazole rings is 1. The van der Waals surface area contributed by atoms with Gasteiger partial charge in [-0.25, -0.2) is 4.98 Å². The predicted molar refractivity (Wildman–Crippen MR) is 117 cm³/mol. The van der Waals surface area contributed by atoms with Crippen LogP contribution < -0.4 is 10.1 Å². The molecule has 1 fully saturated rings. The summed E-state index contributed by atoms with van der Waals surface area (Å²) in [5.74, 6) is 2.55. The molecule has 6 rings (SSSR count). The summed E-state index contributed by atoms with van der Waals surface area (Å²) in [6, 6.07) is 15.5. The average molecular weight is 404 g/mol. The monoisotopic (exact) mass is 403 g/mol. The molecule has 1 aromatic heterocycles. The molecule has 0 aliphatic carbocycles. The van der Waals surface area contributed by atoms with Crippen LogP contribution in [0.3, 0.4) is 0 Å². The molecule has 0 radical (unpaired) electrons. The number of H-pyrrole nitrogens is 1. The van der Waals surface area contributed by atoms with Gasteiger partial charge in [-0.3, -0.25) is 0 Å². The van der Waals surface area contributed by atoms with Crippen molar-refractivity contribution >= 4 is 33.4 Å². The molecule has 3 atom stereocenters. The Morgan fingerprint density at radius 2 is 1.97 bits per heavy atom. The van der Waals surface area contributed by atoms with E-state index in [0.717, 1.165) is 34.6 Å². The van der Waals surface area contributed by atoms with Crippen molar-refractivity contribution in [2.45, 2.75) is 39.0 Å². The van der Waals surface area contributed by atoms with E-state index in [1.165, 1.54) is 21.9 Å². The van der Waals surface area contributed by atoms with E-state index in [9.17, 15) is 0 Å². The molecular formula is C24H22ClN3O. The van der Waals surface area contributed by atoms with Crippen LogP contribution in [0.1, 0.15) is 37.7 Å². The third kappa shape index (κ3) is 2.66. The molecule has 0 spiro atoms. The number of ether oxygens (including phenoxy) is 1. The molecule has 4 aromatic rings. The van der Waals surface area contributed by atoms with E-state index in [4.69, 9.17) is 21.3 Å². The van der Waals surface area contributed by atoms with Crippen LogP contribution in [-0.2, 0) is 6.61 Å². The lowest BCUT2D eigenvalue weighted by Gasteiger charge is -2.21. The van der Waals surface area contributed by atoms with Crippen LogP contribution in [0.15, 0.2) is 42.5 Å². The largest absolute Gasteiger partial charge is 0.488 e. The van der Waals surface area contributed by atoms with Crippen molar-refractivity contribution in [3.05, 3.63) is 58.9 Å². The van der Waals surface area contributed by atoms with Gasteiger partial charge >= 0.3 is 0 Å². The number of halogens is 1. The van der Waals surface area contributed by atoms with E-state index in [2.05, 4.69) is 48.4 Å². The molecule has 29 heavy (non-hydrogen) atoms. The quantitative estimate of drug-likeness (QED) is 0.410. The molecule has 2 N–H and O–H groups in total. The zero-order chi connectivity index (χ0) is 19.7. The van der Waals surface area contributed by atoms with Gasteiger partial charge in [-0.05, 0) is 72.2 Å². The van der Waals surface area contributed by atoms with Crippen molar-refractivity contribution in [1.82, 2.24) is 15.3 Å². The minimum Gasteiger partial charge on any atom is -0.488 e. The molecule has 2 aliphatic heterocycles. The zero-order valence-electron chi connectivity index (χ0n) is 16.4. The van der Waals surface area contributed by atoms with Crippen LogP contribution >= 0.6 is 11.6 Å². The van der Waals surface area contributed by atoms with Crippen molar-refractivity contribution in [3.8, 4) is 16.9 Å². The van der Waals surface area contributed by atoms with Gasteiger partial charge < -0.3 is 15.0 Å². The van der Waals surface area contributed by atoms with Gasteiger partial charge in [-0.1, -0.05) is 24.6 Å². The number of fused-ring (bicyclic) bond motifs is 6. The van der Waals surface area contributed by atoms with E-state index in [-0.39, 0.29) is 0 Å². The summed E-state index contributed by atoms with van der Waals surface area (Å²) < 4.78 is 5.98. The van der Waals surface area contributed by atoms with Gasteiger partial charge in [0.25, 0.3) is 0 Å². The molecular weight excluding hydrogens is 382 g/mol. The fourth-order valence-corrected chi connectivity index (χ4v) is 4.92. The Bertz CT molecular complexity index is 1270. The number of aromatic amines is 1. The summed E-state index contributed by atoms with van der Waals surface area (Å²) in [6.45, 7) is 5.10. The summed E-state index contributed by atoms with van der Waals surface area (Å²) in [7, 11) is 0. The molecule has 2 aliphatic rings. The second-order valence-corrected chi connectivity index (χ2v) is 8.90. The first-order valence-corrected chi connectivity index (χ1v) is 10.6. The SMILES string of the molecule is C[C@@H]1CC(c2nc3ccc4cc5c(cc4c3[nH]2)COc2cc(Cl)ccc2-5)N[C@@H]1C. The first-order valence-electron chi connectivity index (χ1n) is 10.2. The van der Waals surface area contributed by atoms with Crippen LogP contribution in [-0.4, -0.2) is 16.0 Å². The number of hydrogen-bond acceptors (Lipinski definition) is 3. The topological polar surface area (TPSA) is 49.9 Å². The second-order valence-electron chi connectivity index (χ2n) is 8.46. The van der Waals surface area contributed by atoms with Gasteiger partial charge in [0.05, 0.1) is 17.1 Å². The Balaban J connectivity index is 1.50. The van der Waals surface area contributed by atoms with E-state index in [0.29, 0.717) is 29.6 Å². The maximum atomic E-state index is 6.14. The summed E-state index contributed by atoms with van der Waals surface area (Å²) in [5, 5.41) is 6.77. The highest BCUT2D eigenvalue weighted by Gasteiger charge is 2.30. The van der Waals surface area contributed by atoms with Crippen molar-refractivity contribution in [1.29, 1.82) is 0 Å². The minimum atomic E-state index is 0.292. The van der Waals surface area contributed by atoms with Crippen LogP contribution in [0.4, 0.5) is 0 Å². The molecule has 0 bridgehead atoms. The van der Waals surface area contributed by atoms with E-state index < -0.39 is 0 Å². The van der Waals surface area contributed by atoms with Gasteiger partial charge in [-0.15, -0.1) is 0 Å². The fraction of sp³-hybridized carbons (Fsp3) is 0.292. The van der Waals surface area contributed by atoms with Crippen molar-refractivity contribution in [2.24, 2.45) is 5.92 Å². The van der Waals surface area contributed by atoms with E-state index >= 15 is 0 Å². The molecule has 1 unspecified atom stereocenters. The molecule has 0 saturated carbocycles. The number of hydrogen-bond donors (Lipinski definition) is 2. The predicted octanol–water partition coefficient (Wildman–Crippen LogP) is 5.99. The lowest BCUT2D eigenvalue weighted by molar-refractivity contribution is 0.302. The number of nitrogens with zero attached hydrogens (tertiary/aromatic N) is 1. The highest BCUT2D eigenvalue weighted by molar-refractivity contribution is 6.30. The van der Waals surface area contributed by atoms with Crippen LogP contribution in [0.5, 0.6) is 5.75 Å². The molecule has 0 amide bonds. The Morgan fingerprint density at radius 1 is 1.07 bits per heavy atom. The van der Waals surface area contributed by atoms with Crippen LogP contribution in [0.2, 0.25) is 5.02 Å². The molecule has 5 heteroatoms. The Hall–Kier alpha value is -2.56. The smallest absolute Gasteiger partial charge is 0.129 e. The zero-order valence-corrected chi connectivity index (χ0v) is 17.2. The van der Waals surface area contributed by atoms with Gasteiger partial charge in [0, 0.05) is 22.0 Å². The number of nitrogens with one attached hydrogen (secondary N) is 2. The van der Waals surface area contributed by atoms with Gasteiger partial charge in [0.2, 0.25) is 0 Å². The lowest BCUT2D eigenvalue weighted by atomic mass is 9.93. The third-order valence-electron chi connectivity index (χ3n) is 6.59. The summed E-state index contributed by atoms with van der Waals surface area (Å²) in [4.78, 5) is 8.53. The number of benzene rings is 3. The van der Waals surface area contributed by atoms with E-state index in [1.807, 2.05) is 18.2 Å². The van der Waals surface area contributed by atoms with Gasteiger partial charge in [0.15, 0.2) is 0 Å². The van der Waals surface area contributed by atoms with Crippen molar-refractivity contribution in [3.63, 3.8) is 0 Å².